The van der Waals surface area contributed by atoms with E-state index in [-0.39, 0.29) is 5.78 Å². The molecule has 1 atom stereocenters. The molecule has 21 heavy (non-hydrogen) atoms. The summed E-state index contributed by atoms with van der Waals surface area (Å²) in [5.74, 6) is 2.08. The summed E-state index contributed by atoms with van der Waals surface area (Å²) in [5, 5.41) is 0. The third-order valence-corrected chi connectivity index (χ3v) is 3.59. The second kappa shape index (κ2) is 5.48. The molecule has 0 spiro atoms. The lowest BCUT2D eigenvalue weighted by molar-refractivity contribution is 0.0857. The lowest BCUT2D eigenvalue weighted by Gasteiger charge is -2.09. The molecule has 2 aromatic carbocycles. The van der Waals surface area contributed by atoms with Crippen LogP contribution in [0.1, 0.15) is 15.9 Å². The summed E-state index contributed by atoms with van der Waals surface area (Å²) >= 11 is 0. The molecule has 0 fully saturated rings. The Morgan fingerprint density at radius 2 is 1.67 bits per heavy atom. The van der Waals surface area contributed by atoms with Crippen molar-refractivity contribution in [3.05, 3.63) is 53.6 Å². The van der Waals surface area contributed by atoms with Crippen LogP contribution in [0, 0.1) is 0 Å². The largest absolute Gasteiger partial charge is 0.497 e. The summed E-state index contributed by atoms with van der Waals surface area (Å²) in [6.07, 6.45) is 0.0697. The SMILES string of the molecule is COc1ccc(C[C@H]2Oc3ccc(OC)cc3C2=O)cc1. The van der Waals surface area contributed by atoms with E-state index in [4.69, 9.17) is 14.2 Å². The molecule has 0 unspecified atom stereocenters. The van der Waals surface area contributed by atoms with Gasteiger partial charge in [-0.25, -0.2) is 0 Å². The number of Topliss-reactive ketones (excluding diaryl/α,β-unsaturated/α-hetero) is 1. The Balaban J connectivity index is 1.77. The third-order valence-electron chi connectivity index (χ3n) is 3.59. The molecule has 0 aliphatic carbocycles. The lowest BCUT2D eigenvalue weighted by atomic mass is 10.0. The lowest BCUT2D eigenvalue weighted by Crippen LogP contribution is -2.23. The van der Waals surface area contributed by atoms with Crippen LogP contribution in [0.5, 0.6) is 17.2 Å². The Kier molecular flexibility index (Phi) is 3.52. The quantitative estimate of drug-likeness (QED) is 0.866. The van der Waals surface area contributed by atoms with Crippen LogP contribution in [0.3, 0.4) is 0 Å². The first kappa shape index (κ1) is 13.5. The predicted molar refractivity (Wildman–Crippen MR) is 78.4 cm³/mol. The highest BCUT2D eigenvalue weighted by molar-refractivity contribution is 6.05. The Bertz CT molecular complexity index is 661. The molecule has 108 valence electrons. The van der Waals surface area contributed by atoms with Gasteiger partial charge < -0.3 is 14.2 Å². The van der Waals surface area contributed by atoms with E-state index in [1.807, 2.05) is 24.3 Å². The normalized spacial score (nSPS) is 16.3. The minimum atomic E-state index is -0.472. The van der Waals surface area contributed by atoms with Gasteiger partial charge in [-0.2, -0.15) is 0 Å². The van der Waals surface area contributed by atoms with E-state index >= 15 is 0 Å². The zero-order valence-corrected chi connectivity index (χ0v) is 12.0. The molecule has 0 N–H and O–H groups in total. The van der Waals surface area contributed by atoms with Crippen molar-refractivity contribution in [3.8, 4) is 17.2 Å². The van der Waals surface area contributed by atoms with Gasteiger partial charge in [-0.3, -0.25) is 4.79 Å². The van der Waals surface area contributed by atoms with E-state index in [1.54, 1.807) is 32.4 Å². The first-order valence-electron chi connectivity index (χ1n) is 6.73. The first-order chi connectivity index (χ1) is 10.2. The summed E-state index contributed by atoms with van der Waals surface area (Å²) in [6.45, 7) is 0. The van der Waals surface area contributed by atoms with Gasteiger partial charge >= 0.3 is 0 Å². The Hall–Kier alpha value is -2.49. The number of ketones is 1. The van der Waals surface area contributed by atoms with Crippen molar-refractivity contribution in [1.29, 1.82) is 0 Å². The molecule has 0 amide bonds. The molecule has 1 aliphatic rings. The number of hydrogen-bond acceptors (Lipinski definition) is 4. The van der Waals surface area contributed by atoms with Crippen molar-refractivity contribution >= 4 is 5.78 Å². The number of ether oxygens (including phenoxy) is 3. The number of carbonyl (C=O) groups is 1. The number of rotatable bonds is 4. The average Bonchev–Trinajstić information content (AvgIpc) is 2.84. The van der Waals surface area contributed by atoms with Gasteiger partial charge in [0, 0.05) is 6.42 Å². The van der Waals surface area contributed by atoms with Crippen LogP contribution in [-0.4, -0.2) is 26.1 Å². The average molecular weight is 284 g/mol. The van der Waals surface area contributed by atoms with Crippen molar-refractivity contribution in [2.24, 2.45) is 0 Å². The van der Waals surface area contributed by atoms with Crippen LogP contribution in [0.4, 0.5) is 0 Å². The second-order valence-corrected chi connectivity index (χ2v) is 4.89. The van der Waals surface area contributed by atoms with Gasteiger partial charge in [-0.1, -0.05) is 12.1 Å². The number of benzene rings is 2. The molecular weight excluding hydrogens is 268 g/mol. The summed E-state index contributed by atoms with van der Waals surface area (Å²) in [5.41, 5.74) is 1.63. The van der Waals surface area contributed by atoms with Crippen molar-refractivity contribution < 1.29 is 19.0 Å². The van der Waals surface area contributed by atoms with Crippen molar-refractivity contribution in [1.82, 2.24) is 0 Å². The maximum atomic E-state index is 12.4. The van der Waals surface area contributed by atoms with Crippen LogP contribution >= 0.6 is 0 Å². The van der Waals surface area contributed by atoms with E-state index < -0.39 is 6.10 Å². The molecule has 0 saturated heterocycles. The number of methoxy groups -OCH3 is 2. The van der Waals surface area contributed by atoms with Crippen LogP contribution in [0.2, 0.25) is 0 Å². The van der Waals surface area contributed by atoms with Crippen LogP contribution in [0.25, 0.3) is 0 Å². The van der Waals surface area contributed by atoms with Crippen LogP contribution in [-0.2, 0) is 6.42 Å². The fourth-order valence-corrected chi connectivity index (χ4v) is 2.42. The van der Waals surface area contributed by atoms with Gasteiger partial charge in [0.1, 0.15) is 17.2 Å². The number of hydrogen-bond donors (Lipinski definition) is 0. The summed E-state index contributed by atoms with van der Waals surface area (Å²) in [6, 6.07) is 12.9. The Morgan fingerprint density at radius 1 is 1.00 bits per heavy atom. The molecule has 0 radical (unpaired) electrons. The zero-order chi connectivity index (χ0) is 14.8. The molecule has 4 nitrogen and oxygen atoms in total. The molecule has 3 rings (SSSR count). The molecule has 1 heterocycles. The maximum Gasteiger partial charge on any atom is 0.207 e. The minimum absolute atomic E-state index is 0.000261. The van der Waals surface area contributed by atoms with E-state index in [9.17, 15) is 4.79 Å². The summed E-state index contributed by atoms with van der Waals surface area (Å²) in [4.78, 5) is 12.4. The monoisotopic (exact) mass is 284 g/mol. The predicted octanol–water partition coefficient (Wildman–Crippen LogP) is 2.89. The first-order valence-corrected chi connectivity index (χ1v) is 6.73. The number of carbonyl (C=O) groups excluding carboxylic acids is 1. The molecule has 2 aromatic rings. The van der Waals surface area contributed by atoms with E-state index in [0.717, 1.165) is 11.3 Å². The van der Waals surface area contributed by atoms with Crippen molar-refractivity contribution in [3.63, 3.8) is 0 Å². The highest BCUT2D eigenvalue weighted by Crippen LogP contribution is 2.33. The Morgan fingerprint density at radius 3 is 2.33 bits per heavy atom. The molecule has 1 aliphatic heterocycles. The summed E-state index contributed by atoms with van der Waals surface area (Å²) in [7, 11) is 3.21. The standard InChI is InChI=1S/C17H16O4/c1-19-12-5-3-11(4-6-12)9-16-17(18)14-10-13(20-2)7-8-15(14)21-16/h3-8,10,16H,9H2,1-2H3/t16-/m1/s1. The molecule has 0 bridgehead atoms. The molecule has 4 heteroatoms. The second-order valence-electron chi connectivity index (χ2n) is 4.89. The molecular formula is C17H16O4. The smallest absolute Gasteiger partial charge is 0.207 e. The number of fused-ring (bicyclic) bond motifs is 1. The van der Waals surface area contributed by atoms with Crippen LogP contribution < -0.4 is 14.2 Å². The fourth-order valence-electron chi connectivity index (χ4n) is 2.42. The van der Waals surface area contributed by atoms with Gasteiger partial charge in [-0.05, 0) is 35.9 Å². The van der Waals surface area contributed by atoms with E-state index in [1.165, 1.54) is 0 Å². The van der Waals surface area contributed by atoms with Gasteiger partial charge in [0.2, 0.25) is 5.78 Å². The van der Waals surface area contributed by atoms with Gasteiger partial charge in [-0.15, -0.1) is 0 Å². The maximum absolute atomic E-state index is 12.4. The third kappa shape index (κ3) is 2.57. The van der Waals surface area contributed by atoms with Crippen LogP contribution in [0.15, 0.2) is 42.5 Å². The van der Waals surface area contributed by atoms with E-state index in [0.29, 0.717) is 23.5 Å². The van der Waals surface area contributed by atoms with Gasteiger partial charge in [0.05, 0.1) is 19.8 Å². The molecule has 0 saturated carbocycles. The minimum Gasteiger partial charge on any atom is -0.497 e. The van der Waals surface area contributed by atoms with Crippen molar-refractivity contribution in [2.75, 3.05) is 14.2 Å². The van der Waals surface area contributed by atoms with Gasteiger partial charge in [0.25, 0.3) is 0 Å². The van der Waals surface area contributed by atoms with Gasteiger partial charge in [0.15, 0.2) is 6.10 Å². The highest BCUT2D eigenvalue weighted by atomic mass is 16.5. The molecule has 0 aromatic heterocycles. The highest BCUT2D eigenvalue weighted by Gasteiger charge is 2.32. The fraction of sp³-hybridized carbons (Fsp3) is 0.235. The Labute approximate surface area is 123 Å². The van der Waals surface area contributed by atoms with Crippen molar-refractivity contribution in [2.45, 2.75) is 12.5 Å². The zero-order valence-electron chi connectivity index (χ0n) is 12.0. The summed E-state index contributed by atoms with van der Waals surface area (Å²) < 4.78 is 16.0. The topological polar surface area (TPSA) is 44.8 Å². The van der Waals surface area contributed by atoms with E-state index in [2.05, 4.69) is 0 Å².